The van der Waals surface area contributed by atoms with E-state index < -0.39 is 0 Å². The number of rotatable bonds is 2. The van der Waals surface area contributed by atoms with Gasteiger partial charge >= 0.3 is 0 Å². The van der Waals surface area contributed by atoms with Gasteiger partial charge < -0.3 is 4.74 Å². The van der Waals surface area contributed by atoms with Crippen LogP contribution in [0.3, 0.4) is 0 Å². The average molecular weight is 205 g/mol. The minimum absolute atomic E-state index is 0.414. The Morgan fingerprint density at radius 3 is 2.58 bits per heavy atom. The third-order valence-electron chi connectivity index (χ3n) is 1.62. The minimum atomic E-state index is 0.414. The Hall–Kier alpha value is -0.400. The first-order chi connectivity index (χ1) is 5.69. The maximum atomic E-state index is 5.97. The van der Waals surface area contributed by atoms with Crippen LogP contribution in [0.25, 0.3) is 0 Å². The third-order valence-corrected chi connectivity index (χ3v) is 2.34. The second-order valence-corrected chi connectivity index (χ2v) is 3.22. The lowest BCUT2D eigenvalue weighted by atomic mass is 10.1. The third kappa shape index (κ3) is 1.85. The Morgan fingerprint density at radius 2 is 2.08 bits per heavy atom. The minimum Gasteiger partial charge on any atom is -0.495 e. The first-order valence-electron chi connectivity index (χ1n) is 3.58. The molecule has 0 atom stereocenters. The molecule has 0 heterocycles. The number of hydrogen-bond donors (Lipinski definition) is 0. The molecule has 66 valence electrons. The molecular formula is C9H10Cl2O. The van der Waals surface area contributed by atoms with Crippen LogP contribution < -0.4 is 4.74 Å². The predicted molar refractivity (Wildman–Crippen MR) is 52.3 cm³/mol. The summed E-state index contributed by atoms with van der Waals surface area (Å²) in [6.45, 7) is 1.98. The van der Waals surface area contributed by atoms with E-state index in [1.807, 2.05) is 19.1 Å². The van der Waals surface area contributed by atoms with E-state index in [1.54, 1.807) is 7.11 Å². The number of halogens is 2. The average Bonchev–Trinajstić information content (AvgIpc) is 2.08. The summed E-state index contributed by atoms with van der Waals surface area (Å²) in [5, 5.41) is 0.609. The van der Waals surface area contributed by atoms with Gasteiger partial charge in [0, 0.05) is 5.88 Å². The fourth-order valence-electron chi connectivity index (χ4n) is 1.05. The molecule has 1 nitrogen and oxygen atoms in total. The molecule has 0 aliphatic rings. The summed E-state index contributed by atoms with van der Waals surface area (Å²) in [7, 11) is 1.60. The maximum absolute atomic E-state index is 5.97. The number of benzene rings is 1. The van der Waals surface area contributed by atoms with Crippen LogP contribution in [0.4, 0.5) is 0 Å². The molecule has 0 aromatic heterocycles. The molecular weight excluding hydrogens is 195 g/mol. The number of ether oxygens (including phenoxy) is 1. The molecule has 0 saturated heterocycles. The highest BCUT2D eigenvalue weighted by Gasteiger charge is 2.06. The van der Waals surface area contributed by atoms with E-state index in [2.05, 4.69) is 0 Å². The number of aryl methyl sites for hydroxylation is 1. The van der Waals surface area contributed by atoms with Gasteiger partial charge in [0.15, 0.2) is 0 Å². The zero-order chi connectivity index (χ0) is 9.14. The predicted octanol–water partition coefficient (Wildman–Crippen LogP) is 3.40. The van der Waals surface area contributed by atoms with E-state index in [-0.39, 0.29) is 0 Å². The zero-order valence-corrected chi connectivity index (χ0v) is 8.54. The van der Waals surface area contributed by atoms with Crippen LogP contribution in [0.2, 0.25) is 5.02 Å². The molecule has 1 rings (SSSR count). The highest BCUT2D eigenvalue weighted by Crippen LogP contribution is 2.30. The van der Waals surface area contributed by atoms with Gasteiger partial charge in [-0.25, -0.2) is 0 Å². The number of methoxy groups -OCH3 is 1. The quantitative estimate of drug-likeness (QED) is 0.672. The standard InChI is InChI=1S/C9H10Cl2O/c1-6-3-7(5-10)9(11)8(4-6)12-2/h3-4H,5H2,1-2H3. The topological polar surface area (TPSA) is 9.23 Å². The van der Waals surface area contributed by atoms with Gasteiger partial charge in [-0.05, 0) is 24.1 Å². The largest absolute Gasteiger partial charge is 0.495 e. The van der Waals surface area contributed by atoms with Crippen LogP contribution in [0.1, 0.15) is 11.1 Å². The maximum Gasteiger partial charge on any atom is 0.138 e. The fraction of sp³-hybridized carbons (Fsp3) is 0.333. The van der Waals surface area contributed by atoms with Crippen molar-refractivity contribution in [2.75, 3.05) is 7.11 Å². The Labute approximate surface area is 82.2 Å². The summed E-state index contributed by atoms with van der Waals surface area (Å²) >= 11 is 11.7. The lowest BCUT2D eigenvalue weighted by Gasteiger charge is -2.07. The molecule has 0 aliphatic carbocycles. The Morgan fingerprint density at radius 1 is 1.42 bits per heavy atom. The van der Waals surface area contributed by atoms with Crippen LogP contribution in [0.5, 0.6) is 5.75 Å². The van der Waals surface area contributed by atoms with Crippen LogP contribution in [-0.4, -0.2) is 7.11 Å². The molecule has 0 saturated carbocycles. The van der Waals surface area contributed by atoms with Crippen molar-refractivity contribution < 1.29 is 4.74 Å². The Balaban J connectivity index is 3.22. The molecule has 0 fully saturated rings. The molecule has 12 heavy (non-hydrogen) atoms. The van der Waals surface area contributed by atoms with Gasteiger partial charge in [0.05, 0.1) is 12.1 Å². The molecule has 0 amide bonds. The highest BCUT2D eigenvalue weighted by atomic mass is 35.5. The molecule has 0 N–H and O–H groups in total. The summed E-state index contributed by atoms with van der Waals surface area (Å²) in [5.74, 6) is 1.10. The molecule has 3 heteroatoms. The number of alkyl halides is 1. The molecule has 1 aromatic carbocycles. The molecule has 0 spiro atoms. The van der Waals surface area contributed by atoms with E-state index in [0.29, 0.717) is 16.7 Å². The van der Waals surface area contributed by atoms with Crippen molar-refractivity contribution >= 4 is 23.2 Å². The first-order valence-corrected chi connectivity index (χ1v) is 4.49. The summed E-state index contributed by atoms with van der Waals surface area (Å²) in [6, 6.07) is 3.84. The van der Waals surface area contributed by atoms with Crippen LogP contribution in [-0.2, 0) is 5.88 Å². The monoisotopic (exact) mass is 204 g/mol. The van der Waals surface area contributed by atoms with Gasteiger partial charge in [-0.1, -0.05) is 17.7 Å². The fourth-order valence-corrected chi connectivity index (χ4v) is 1.59. The van der Waals surface area contributed by atoms with Crippen LogP contribution in [0, 0.1) is 6.92 Å². The Kier molecular flexibility index (Phi) is 3.24. The Bertz CT molecular complexity index is 259. The van der Waals surface area contributed by atoms with Gasteiger partial charge in [-0.2, -0.15) is 0 Å². The molecule has 0 aliphatic heterocycles. The molecule has 0 radical (unpaired) electrons. The van der Waals surface area contributed by atoms with Gasteiger partial charge in [0.1, 0.15) is 5.75 Å². The van der Waals surface area contributed by atoms with E-state index >= 15 is 0 Å². The summed E-state index contributed by atoms with van der Waals surface area (Å²) in [4.78, 5) is 0. The van der Waals surface area contributed by atoms with Gasteiger partial charge in [-0.3, -0.25) is 0 Å². The number of hydrogen-bond acceptors (Lipinski definition) is 1. The molecule has 0 bridgehead atoms. The van der Waals surface area contributed by atoms with Crippen LogP contribution in [0.15, 0.2) is 12.1 Å². The zero-order valence-electron chi connectivity index (χ0n) is 7.03. The summed E-state index contributed by atoms with van der Waals surface area (Å²) < 4.78 is 5.08. The van der Waals surface area contributed by atoms with E-state index in [1.165, 1.54) is 0 Å². The van der Waals surface area contributed by atoms with Crippen molar-refractivity contribution in [2.24, 2.45) is 0 Å². The van der Waals surface area contributed by atoms with E-state index in [9.17, 15) is 0 Å². The van der Waals surface area contributed by atoms with Crippen molar-refractivity contribution in [3.8, 4) is 5.75 Å². The SMILES string of the molecule is COc1cc(C)cc(CCl)c1Cl. The van der Waals surface area contributed by atoms with Crippen molar-refractivity contribution in [2.45, 2.75) is 12.8 Å². The smallest absolute Gasteiger partial charge is 0.138 e. The van der Waals surface area contributed by atoms with Crippen molar-refractivity contribution in [3.63, 3.8) is 0 Å². The van der Waals surface area contributed by atoms with Gasteiger partial charge in [0.25, 0.3) is 0 Å². The molecule has 1 aromatic rings. The second-order valence-electron chi connectivity index (χ2n) is 2.57. The van der Waals surface area contributed by atoms with Crippen molar-refractivity contribution in [3.05, 3.63) is 28.3 Å². The first kappa shape index (κ1) is 9.69. The highest BCUT2D eigenvalue weighted by molar-refractivity contribution is 6.33. The molecule has 0 unspecified atom stereocenters. The second kappa shape index (κ2) is 4.01. The normalized spacial score (nSPS) is 10.0. The van der Waals surface area contributed by atoms with Crippen molar-refractivity contribution in [1.29, 1.82) is 0 Å². The van der Waals surface area contributed by atoms with Crippen molar-refractivity contribution in [1.82, 2.24) is 0 Å². The summed E-state index contributed by atoms with van der Waals surface area (Å²) in [6.07, 6.45) is 0. The lowest BCUT2D eigenvalue weighted by Crippen LogP contribution is -1.89. The van der Waals surface area contributed by atoms with E-state index in [0.717, 1.165) is 11.1 Å². The lowest BCUT2D eigenvalue weighted by molar-refractivity contribution is 0.414. The van der Waals surface area contributed by atoms with Crippen LogP contribution >= 0.6 is 23.2 Å². The summed E-state index contributed by atoms with van der Waals surface area (Å²) in [5.41, 5.74) is 2.02. The van der Waals surface area contributed by atoms with E-state index in [4.69, 9.17) is 27.9 Å². The van der Waals surface area contributed by atoms with Gasteiger partial charge in [0.2, 0.25) is 0 Å². The van der Waals surface area contributed by atoms with Gasteiger partial charge in [-0.15, -0.1) is 11.6 Å².